The topological polar surface area (TPSA) is 75.4 Å². The molecule has 0 bridgehead atoms. The van der Waals surface area contributed by atoms with E-state index in [0.717, 1.165) is 18.7 Å². The van der Waals surface area contributed by atoms with E-state index in [4.69, 9.17) is 5.73 Å². The lowest BCUT2D eigenvalue weighted by atomic mass is 10.1. The number of nitrogens with one attached hydrogen (secondary N) is 1. The highest BCUT2D eigenvalue weighted by Crippen LogP contribution is 2.14. The number of carbonyl (C=O) groups is 2. The first-order valence-corrected chi connectivity index (χ1v) is 6.37. The van der Waals surface area contributed by atoms with Crippen LogP contribution in [0.3, 0.4) is 0 Å². The second kappa shape index (κ2) is 6.78. The Morgan fingerprint density at radius 1 is 1.32 bits per heavy atom. The summed E-state index contributed by atoms with van der Waals surface area (Å²) >= 11 is 0. The van der Waals surface area contributed by atoms with E-state index in [-0.39, 0.29) is 5.91 Å². The van der Waals surface area contributed by atoms with Crippen LogP contribution in [-0.2, 0) is 4.79 Å². The summed E-state index contributed by atoms with van der Waals surface area (Å²) in [5.74, 6) is -0.844. The fraction of sp³-hybridized carbons (Fsp3) is 0.429. The molecule has 5 nitrogen and oxygen atoms in total. The van der Waals surface area contributed by atoms with Gasteiger partial charge in [-0.15, -0.1) is 0 Å². The van der Waals surface area contributed by atoms with Crippen molar-refractivity contribution in [1.29, 1.82) is 0 Å². The molecule has 0 heterocycles. The number of hydrogen-bond acceptors (Lipinski definition) is 3. The Kier molecular flexibility index (Phi) is 5.36. The molecule has 1 aromatic carbocycles. The molecule has 104 valence electrons. The molecule has 1 atom stereocenters. The summed E-state index contributed by atoms with van der Waals surface area (Å²) in [5, 5.41) is 2.54. The van der Waals surface area contributed by atoms with Crippen molar-refractivity contribution in [2.24, 2.45) is 5.73 Å². The van der Waals surface area contributed by atoms with Crippen LogP contribution >= 0.6 is 0 Å². The number of rotatable bonds is 6. The first kappa shape index (κ1) is 15.0. The lowest BCUT2D eigenvalue weighted by Gasteiger charge is -2.18. The van der Waals surface area contributed by atoms with Crippen LogP contribution in [0.25, 0.3) is 0 Å². The van der Waals surface area contributed by atoms with Gasteiger partial charge in [-0.1, -0.05) is 6.92 Å². The molecule has 0 spiro atoms. The van der Waals surface area contributed by atoms with E-state index < -0.39 is 11.9 Å². The second-order valence-corrected chi connectivity index (χ2v) is 4.57. The molecular formula is C14H21N3O2. The summed E-state index contributed by atoms with van der Waals surface area (Å²) in [6.07, 6.45) is 1.06. The molecule has 19 heavy (non-hydrogen) atoms. The van der Waals surface area contributed by atoms with E-state index in [1.807, 2.05) is 19.2 Å². The van der Waals surface area contributed by atoms with Crippen LogP contribution in [-0.4, -0.2) is 31.4 Å². The number of amides is 2. The van der Waals surface area contributed by atoms with E-state index in [9.17, 15) is 9.59 Å². The molecular weight excluding hydrogens is 242 g/mol. The maximum absolute atomic E-state index is 11.8. The molecule has 2 amide bonds. The van der Waals surface area contributed by atoms with E-state index in [2.05, 4.69) is 17.1 Å². The van der Waals surface area contributed by atoms with Gasteiger partial charge in [-0.3, -0.25) is 9.59 Å². The first-order valence-electron chi connectivity index (χ1n) is 6.37. The molecule has 0 unspecified atom stereocenters. The molecule has 0 radical (unpaired) electrons. The third kappa shape index (κ3) is 4.28. The van der Waals surface area contributed by atoms with Crippen molar-refractivity contribution in [3.63, 3.8) is 0 Å². The lowest BCUT2D eigenvalue weighted by Crippen LogP contribution is -2.42. The van der Waals surface area contributed by atoms with Gasteiger partial charge in [0, 0.05) is 24.8 Å². The maximum atomic E-state index is 11.8. The van der Waals surface area contributed by atoms with Crippen LogP contribution < -0.4 is 16.0 Å². The summed E-state index contributed by atoms with van der Waals surface area (Å²) < 4.78 is 0. The standard InChI is InChI=1S/C14H21N3O2/c1-4-9-17(3)12-7-5-11(6-8-12)14(19)16-10(2)13(15)18/h5-8,10H,4,9H2,1-3H3,(H2,15,18)(H,16,19)/t10-/m0/s1. The Morgan fingerprint density at radius 3 is 2.37 bits per heavy atom. The van der Waals surface area contributed by atoms with Gasteiger partial charge in [0.05, 0.1) is 0 Å². The number of primary amides is 1. The SMILES string of the molecule is CCCN(C)c1ccc(C(=O)N[C@@H](C)C(N)=O)cc1. The number of hydrogen-bond donors (Lipinski definition) is 2. The zero-order chi connectivity index (χ0) is 14.4. The van der Waals surface area contributed by atoms with Gasteiger partial charge in [0.1, 0.15) is 6.04 Å². The van der Waals surface area contributed by atoms with Gasteiger partial charge in [0.15, 0.2) is 0 Å². The van der Waals surface area contributed by atoms with Crippen LogP contribution in [0.1, 0.15) is 30.6 Å². The summed E-state index contributed by atoms with van der Waals surface area (Å²) in [7, 11) is 2.01. The molecule has 0 saturated heterocycles. The Hall–Kier alpha value is -2.04. The van der Waals surface area contributed by atoms with Gasteiger partial charge in [-0.2, -0.15) is 0 Å². The van der Waals surface area contributed by atoms with E-state index in [1.54, 1.807) is 19.1 Å². The van der Waals surface area contributed by atoms with Crippen molar-refractivity contribution < 1.29 is 9.59 Å². The van der Waals surface area contributed by atoms with Crippen LogP contribution in [0.5, 0.6) is 0 Å². The summed E-state index contributed by atoms with van der Waals surface area (Å²) in [6, 6.07) is 6.59. The molecule has 0 aliphatic heterocycles. The predicted octanol–water partition coefficient (Wildman–Crippen LogP) is 1.14. The zero-order valence-electron chi connectivity index (χ0n) is 11.6. The molecule has 0 saturated carbocycles. The minimum Gasteiger partial charge on any atom is -0.375 e. The molecule has 1 aromatic rings. The van der Waals surface area contributed by atoms with Gasteiger partial charge in [-0.25, -0.2) is 0 Å². The average Bonchev–Trinajstić information content (AvgIpc) is 2.39. The largest absolute Gasteiger partial charge is 0.375 e. The van der Waals surface area contributed by atoms with E-state index in [1.165, 1.54) is 0 Å². The van der Waals surface area contributed by atoms with Gasteiger partial charge in [0.2, 0.25) is 5.91 Å². The number of nitrogens with two attached hydrogens (primary N) is 1. The smallest absolute Gasteiger partial charge is 0.251 e. The summed E-state index contributed by atoms with van der Waals surface area (Å²) in [4.78, 5) is 24.8. The molecule has 0 aliphatic carbocycles. The van der Waals surface area contributed by atoms with Crippen molar-refractivity contribution in [3.05, 3.63) is 29.8 Å². The minimum atomic E-state index is -0.671. The quantitative estimate of drug-likeness (QED) is 0.808. The van der Waals surface area contributed by atoms with Crippen molar-refractivity contribution in [3.8, 4) is 0 Å². The summed E-state index contributed by atoms with van der Waals surface area (Å²) in [6.45, 7) is 4.64. The third-order valence-electron chi connectivity index (χ3n) is 2.90. The Balaban J connectivity index is 2.70. The number of benzene rings is 1. The number of carbonyl (C=O) groups excluding carboxylic acids is 2. The summed E-state index contributed by atoms with van der Waals surface area (Å²) in [5.41, 5.74) is 6.67. The predicted molar refractivity (Wildman–Crippen MR) is 76.1 cm³/mol. The minimum absolute atomic E-state index is 0.295. The van der Waals surface area contributed by atoms with Crippen LogP contribution in [0.4, 0.5) is 5.69 Å². The maximum Gasteiger partial charge on any atom is 0.251 e. The van der Waals surface area contributed by atoms with E-state index in [0.29, 0.717) is 5.56 Å². The van der Waals surface area contributed by atoms with E-state index >= 15 is 0 Å². The van der Waals surface area contributed by atoms with Crippen LogP contribution in [0.2, 0.25) is 0 Å². The molecule has 0 aliphatic rings. The van der Waals surface area contributed by atoms with Gasteiger partial charge >= 0.3 is 0 Å². The Morgan fingerprint density at radius 2 is 1.89 bits per heavy atom. The van der Waals surface area contributed by atoms with Crippen molar-refractivity contribution in [2.45, 2.75) is 26.3 Å². The highest BCUT2D eigenvalue weighted by Gasteiger charge is 2.13. The molecule has 0 fully saturated rings. The fourth-order valence-electron chi connectivity index (χ4n) is 1.68. The average molecular weight is 263 g/mol. The lowest BCUT2D eigenvalue weighted by molar-refractivity contribution is -0.119. The van der Waals surface area contributed by atoms with Gasteiger partial charge in [-0.05, 0) is 37.6 Å². The molecule has 5 heteroatoms. The highest BCUT2D eigenvalue weighted by molar-refractivity contribution is 5.97. The third-order valence-corrected chi connectivity index (χ3v) is 2.90. The second-order valence-electron chi connectivity index (χ2n) is 4.57. The number of nitrogens with zero attached hydrogens (tertiary/aromatic N) is 1. The van der Waals surface area contributed by atoms with Crippen molar-refractivity contribution in [2.75, 3.05) is 18.5 Å². The van der Waals surface area contributed by atoms with Crippen LogP contribution in [0, 0.1) is 0 Å². The molecule has 1 rings (SSSR count). The highest BCUT2D eigenvalue weighted by atomic mass is 16.2. The Bertz CT molecular complexity index is 443. The Labute approximate surface area is 113 Å². The number of anilines is 1. The van der Waals surface area contributed by atoms with Crippen molar-refractivity contribution >= 4 is 17.5 Å². The van der Waals surface area contributed by atoms with Gasteiger partial charge in [0.25, 0.3) is 5.91 Å². The van der Waals surface area contributed by atoms with Gasteiger partial charge < -0.3 is 16.0 Å². The van der Waals surface area contributed by atoms with Crippen molar-refractivity contribution in [1.82, 2.24) is 5.32 Å². The van der Waals surface area contributed by atoms with Crippen LogP contribution in [0.15, 0.2) is 24.3 Å². The zero-order valence-corrected chi connectivity index (χ0v) is 11.6. The molecule has 3 N–H and O–H groups in total. The fourth-order valence-corrected chi connectivity index (χ4v) is 1.68. The monoisotopic (exact) mass is 263 g/mol. The normalized spacial score (nSPS) is 11.7. The first-order chi connectivity index (χ1) is 8.95. The molecule has 0 aromatic heterocycles.